The van der Waals surface area contributed by atoms with E-state index in [2.05, 4.69) is 49.7 Å². The van der Waals surface area contributed by atoms with Crippen molar-refractivity contribution in [3.63, 3.8) is 0 Å². The molecule has 0 radical (unpaired) electrons. The molecule has 0 saturated heterocycles. The minimum Gasteiger partial charge on any atom is -0.497 e. The van der Waals surface area contributed by atoms with Gasteiger partial charge in [0.25, 0.3) is 0 Å². The van der Waals surface area contributed by atoms with Gasteiger partial charge in [-0.1, -0.05) is 38.8 Å². The molecule has 0 spiro atoms. The fraction of sp³-hybridized carbons (Fsp3) is 0.538. The summed E-state index contributed by atoms with van der Waals surface area (Å²) in [5.41, 5.74) is 1.28. The number of benzene rings is 1. The van der Waals surface area contributed by atoms with Gasteiger partial charge in [-0.15, -0.1) is 0 Å². The number of alkyl halides is 1. The second-order valence-corrected chi connectivity index (χ2v) is 5.52. The molecular weight excluding hydrogens is 346 g/mol. The zero-order valence-corrected chi connectivity index (χ0v) is 13.6. The first-order chi connectivity index (χ1) is 8.21. The smallest absolute Gasteiger partial charge is 0.119 e. The topological polar surface area (TPSA) is 12.5 Å². The van der Waals surface area contributed by atoms with Crippen molar-refractivity contribution in [1.29, 1.82) is 0 Å². The van der Waals surface area contributed by atoms with E-state index in [4.69, 9.17) is 4.74 Å². The Morgan fingerprint density at radius 1 is 1.35 bits per heavy atom. The van der Waals surface area contributed by atoms with Gasteiger partial charge in [0.15, 0.2) is 0 Å². The SMILES string of the molecule is CCN(CCCBr)Cc1cc(OC)ccc1Br. The van der Waals surface area contributed by atoms with Gasteiger partial charge in [0.05, 0.1) is 7.11 Å². The fourth-order valence-electron chi connectivity index (χ4n) is 1.67. The molecule has 0 atom stereocenters. The van der Waals surface area contributed by atoms with Gasteiger partial charge in [0.2, 0.25) is 0 Å². The van der Waals surface area contributed by atoms with E-state index >= 15 is 0 Å². The molecule has 0 fully saturated rings. The average Bonchev–Trinajstić information content (AvgIpc) is 2.36. The maximum absolute atomic E-state index is 5.26. The van der Waals surface area contributed by atoms with Crippen LogP contribution in [-0.2, 0) is 6.54 Å². The number of nitrogens with zero attached hydrogens (tertiary/aromatic N) is 1. The van der Waals surface area contributed by atoms with Gasteiger partial charge in [-0.2, -0.15) is 0 Å². The molecule has 17 heavy (non-hydrogen) atoms. The molecule has 4 heteroatoms. The summed E-state index contributed by atoms with van der Waals surface area (Å²) < 4.78 is 6.41. The largest absolute Gasteiger partial charge is 0.497 e. The summed E-state index contributed by atoms with van der Waals surface area (Å²) in [6.45, 7) is 5.34. The molecule has 2 nitrogen and oxygen atoms in total. The zero-order valence-electron chi connectivity index (χ0n) is 10.4. The summed E-state index contributed by atoms with van der Waals surface area (Å²) in [5, 5.41) is 1.06. The van der Waals surface area contributed by atoms with Crippen LogP contribution in [0.1, 0.15) is 18.9 Å². The third kappa shape index (κ3) is 4.98. The van der Waals surface area contributed by atoms with Crippen LogP contribution in [0.5, 0.6) is 5.75 Å². The first-order valence-corrected chi connectivity index (χ1v) is 7.73. The molecule has 96 valence electrons. The quantitative estimate of drug-likeness (QED) is 0.676. The van der Waals surface area contributed by atoms with Gasteiger partial charge in [-0.3, -0.25) is 4.90 Å². The zero-order chi connectivity index (χ0) is 12.7. The normalized spacial score (nSPS) is 10.9. The van der Waals surface area contributed by atoms with E-state index in [1.54, 1.807) is 7.11 Å². The number of hydrogen-bond donors (Lipinski definition) is 0. The van der Waals surface area contributed by atoms with Crippen molar-refractivity contribution >= 4 is 31.9 Å². The lowest BCUT2D eigenvalue weighted by Crippen LogP contribution is -2.24. The highest BCUT2D eigenvalue weighted by Gasteiger charge is 2.07. The summed E-state index contributed by atoms with van der Waals surface area (Å²) >= 11 is 7.07. The van der Waals surface area contributed by atoms with Crippen LogP contribution in [0.3, 0.4) is 0 Å². The average molecular weight is 365 g/mol. The Kier molecular flexibility index (Phi) is 7.16. The Balaban J connectivity index is 2.70. The van der Waals surface area contributed by atoms with Crippen LogP contribution >= 0.6 is 31.9 Å². The fourth-order valence-corrected chi connectivity index (χ4v) is 2.30. The third-order valence-corrected chi connectivity index (χ3v) is 4.04. The Morgan fingerprint density at radius 3 is 2.71 bits per heavy atom. The Bertz CT molecular complexity index is 344. The second-order valence-electron chi connectivity index (χ2n) is 3.87. The molecule has 0 bridgehead atoms. The summed E-state index contributed by atoms with van der Waals surface area (Å²) in [7, 11) is 1.70. The van der Waals surface area contributed by atoms with Gasteiger partial charge in [-0.25, -0.2) is 0 Å². The first-order valence-electron chi connectivity index (χ1n) is 5.82. The molecule has 0 unspecified atom stereocenters. The lowest BCUT2D eigenvalue weighted by atomic mass is 10.2. The molecule has 1 aromatic carbocycles. The lowest BCUT2D eigenvalue weighted by Gasteiger charge is -2.21. The first kappa shape index (κ1) is 15.0. The van der Waals surface area contributed by atoms with Crippen molar-refractivity contribution in [3.8, 4) is 5.75 Å². The van der Waals surface area contributed by atoms with Crippen molar-refractivity contribution in [2.24, 2.45) is 0 Å². The van der Waals surface area contributed by atoms with Crippen LogP contribution < -0.4 is 4.74 Å². The highest BCUT2D eigenvalue weighted by Crippen LogP contribution is 2.23. The van der Waals surface area contributed by atoms with Gasteiger partial charge in [0.1, 0.15) is 5.75 Å². The van der Waals surface area contributed by atoms with Crippen LogP contribution in [-0.4, -0.2) is 30.4 Å². The predicted octanol–water partition coefficient (Wildman–Crippen LogP) is 4.06. The molecule has 0 aliphatic heterocycles. The van der Waals surface area contributed by atoms with E-state index in [0.29, 0.717) is 0 Å². The van der Waals surface area contributed by atoms with E-state index in [0.717, 1.165) is 35.2 Å². The van der Waals surface area contributed by atoms with Crippen LogP contribution in [0.25, 0.3) is 0 Å². The van der Waals surface area contributed by atoms with E-state index in [-0.39, 0.29) is 0 Å². The van der Waals surface area contributed by atoms with Crippen LogP contribution in [0.2, 0.25) is 0 Å². The molecule has 0 aliphatic rings. The minimum absolute atomic E-state index is 0.916. The van der Waals surface area contributed by atoms with Crippen molar-refractivity contribution < 1.29 is 4.74 Å². The highest BCUT2D eigenvalue weighted by molar-refractivity contribution is 9.10. The maximum atomic E-state index is 5.26. The highest BCUT2D eigenvalue weighted by atomic mass is 79.9. The van der Waals surface area contributed by atoms with Crippen molar-refractivity contribution in [3.05, 3.63) is 28.2 Å². The molecule has 0 heterocycles. The maximum Gasteiger partial charge on any atom is 0.119 e. The van der Waals surface area contributed by atoms with Crippen LogP contribution in [0.4, 0.5) is 0 Å². The molecule has 1 rings (SSSR count). The summed E-state index contributed by atoms with van der Waals surface area (Å²) in [6, 6.07) is 6.12. The molecule has 1 aromatic rings. The van der Waals surface area contributed by atoms with Gasteiger partial charge in [-0.05, 0) is 43.3 Å². The van der Waals surface area contributed by atoms with E-state index in [1.807, 2.05) is 12.1 Å². The van der Waals surface area contributed by atoms with Crippen molar-refractivity contribution in [2.45, 2.75) is 19.9 Å². The molecule has 0 N–H and O–H groups in total. The van der Waals surface area contributed by atoms with Gasteiger partial charge in [0, 0.05) is 16.3 Å². The molecule has 0 aromatic heterocycles. The second kappa shape index (κ2) is 8.11. The molecule has 0 amide bonds. The molecule has 0 aliphatic carbocycles. The minimum atomic E-state index is 0.916. The van der Waals surface area contributed by atoms with E-state index in [9.17, 15) is 0 Å². The van der Waals surface area contributed by atoms with Gasteiger partial charge < -0.3 is 4.74 Å². The molecular formula is C13H19Br2NO. The van der Waals surface area contributed by atoms with Crippen LogP contribution in [0.15, 0.2) is 22.7 Å². The molecule has 0 saturated carbocycles. The number of hydrogen-bond acceptors (Lipinski definition) is 2. The summed E-state index contributed by atoms with van der Waals surface area (Å²) in [4.78, 5) is 2.43. The number of rotatable bonds is 7. The Labute approximate surface area is 121 Å². The predicted molar refractivity (Wildman–Crippen MR) is 80.1 cm³/mol. The van der Waals surface area contributed by atoms with Gasteiger partial charge >= 0.3 is 0 Å². The van der Waals surface area contributed by atoms with E-state index in [1.165, 1.54) is 12.0 Å². The van der Waals surface area contributed by atoms with E-state index < -0.39 is 0 Å². The Hall–Kier alpha value is -0.0600. The van der Waals surface area contributed by atoms with Crippen LogP contribution in [0, 0.1) is 0 Å². The lowest BCUT2D eigenvalue weighted by molar-refractivity contribution is 0.280. The monoisotopic (exact) mass is 363 g/mol. The standard InChI is InChI=1S/C13H19Br2NO/c1-3-16(8-4-7-14)10-11-9-12(17-2)5-6-13(11)15/h5-6,9H,3-4,7-8,10H2,1-2H3. The summed E-state index contributed by atoms with van der Waals surface area (Å²) in [5.74, 6) is 0.916. The number of methoxy groups -OCH3 is 1. The van der Waals surface area contributed by atoms with Crippen molar-refractivity contribution in [1.82, 2.24) is 4.90 Å². The third-order valence-electron chi connectivity index (χ3n) is 2.70. The summed E-state index contributed by atoms with van der Waals surface area (Å²) in [6.07, 6.45) is 1.18. The Morgan fingerprint density at radius 2 is 2.12 bits per heavy atom. The number of ether oxygens (including phenoxy) is 1. The van der Waals surface area contributed by atoms with Crippen molar-refractivity contribution in [2.75, 3.05) is 25.5 Å². The number of halogens is 2.